The van der Waals surface area contributed by atoms with Crippen LogP contribution in [0.3, 0.4) is 0 Å². The van der Waals surface area contributed by atoms with Gasteiger partial charge in [0.05, 0.1) is 4.90 Å². The molecule has 0 atom stereocenters. The summed E-state index contributed by atoms with van der Waals surface area (Å²) in [6.45, 7) is 9.46. The number of hydrogen-bond donors (Lipinski definition) is 1. The summed E-state index contributed by atoms with van der Waals surface area (Å²) in [5.41, 5.74) is 1.05. The lowest BCUT2D eigenvalue weighted by atomic mass is 10.2. The minimum Gasteiger partial charge on any atom is -0.415 e. The SMILES string of the molecule is CCCC[Si](CCCC)(CCCC)OCCNS(=O)(=O)c1ccc(C)cc1. The van der Waals surface area contributed by atoms with E-state index in [2.05, 4.69) is 25.5 Å². The van der Waals surface area contributed by atoms with Crippen LogP contribution < -0.4 is 4.72 Å². The van der Waals surface area contributed by atoms with Crippen molar-refractivity contribution in [2.24, 2.45) is 0 Å². The van der Waals surface area contributed by atoms with Gasteiger partial charge in [-0.15, -0.1) is 0 Å². The Morgan fingerprint density at radius 1 is 0.889 bits per heavy atom. The number of sulfonamides is 1. The maximum Gasteiger partial charge on any atom is 0.240 e. The van der Waals surface area contributed by atoms with E-state index in [1.165, 1.54) is 56.7 Å². The average Bonchev–Trinajstić information content (AvgIpc) is 2.66. The zero-order valence-corrected chi connectivity index (χ0v) is 19.5. The largest absolute Gasteiger partial charge is 0.415 e. The van der Waals surface area contributed by atoms with Gasteiger partial charge in [0, 0.05) is 13.2 Å². The van der Waals surface area contributed by atoms with Gasteiger partial charge in [-0.2, -0.15) is 0 Å². The maximum absolute atomic E-state index is 12.4. The lowest BCUT2D eigenvalue weighted by Gasteiger charge is -2.32. The Kier molecular flexibility index (Phi) is 11.5. The molecule has 0 bridgehead atoms. The van der Waals surface area contributed by atoms with Gasteiger partial charge < -0.3 is 4.43 Å². The molecule has 0 saturated heterocycles. The van der Waals surface area contributed by atoms with Gasteiger partial charge in [0.25, 0.3) is 0 Å². The zero-order chi connectivity index (χ0) is 20.2. The Hall–Kier alpha value is -0.693. The Balaban J connectivity index is 2.65. The molecule has 0 saturated carbocycles. The van der Waals surface area contributed by atoms with Crippen LogP contribution in [0.1, 0.15) is 64.9 Å². The molecule has 0 aliphatic carbocycles. The molecule has 0 amide bonds. The number of aryl methyl sites for hydroxylation is 1. The third kappa shape index (κ3) is 8.90. The summed E-state index contributed by atoms with van der Waals surface area (Å²) in [7, 11) is -5.24. The smallest absolute Gasteiger partial charge is 0.240 e. The van der Waals surface area contributed by atoms with Gasteiger partial charge in [0.2, 0.25) is 10.0 Å². The highest BCUT2D eigenvalue weighted by Gasteiger charge is 2.33. The van der Waals surface area contributed by atoms with Gasteiger partial charge in [-0.1, -0.05) is 77.0 Å². The summed E-state index contributed by atoms with van der Waals surface area (Å²) in [6, 6.07) is 10.6. The van der Waals surface area contributed by atoms with Crippen molar-refractivity contribution in [1.29, 1.82) is 0 Å². The quantitative estimate of drug-likeness (QED) is 0.299. The molecule has 1 aromatic carbocycles. The summed E-state index contributed by atoms with van der Waals surface area (Å²) in [6.07, 6.45) is 7.22. The molecule has 0 aliphatic rings. The molecule has 0 heterocycles. The van der Waals surface area contributed by atoms with E-state index in [9.17, 15) is 8.42 Å². The number of benzene rings is 1. The van der Waals surface area contributed by atoms with E-state index in [4.69, 9.17) is 4.43 Å². The van der Waals surface area contributed by atoms with Crippen LogP contribution in [0.2, 0.25) is 18.1 Å². The van der Waals surface area contributed by atoms with Gasteiger partial charge >= 0.3 is 0 Å². The number of hydrogen-bond acceptors (Lipinski definition) is 3. The highest BCUT2D eigenvalue weighted by molar-refractivity contribution is 7.89. The van der Waals surface area contributed by atoms with Crippen LogP contribution in [0.25, 0.3) is 0 Å². The van der Waals surface area contributed by atoms with Crippen LogP contribution >= 0.6 is 0 Å². The molecule has 0 aliphatic heterocycles. The number of rotatable bonds is 15. The summed E-state index contributed by atoms with van der Waals surface area (Å²) < 4.78 is 34.1. The second-order valence-corrected chi connectivity index (χ2v) is 13.5. The molecule has 1 aromatic rings. The van der Waals surface area contributed by atoms with Crippen LogP contribution in [-0.4, -0.2) is 29.9 Å². The lowest BCUT2D eigenvalue weighted by Crippen LogP contribution is -2.40. The summed E-state index contributed by atoms with van der Waals surface area (Å²) in [4.78, 5) is 0.319. The number of unbranched alkanes of at least 4 members (excludes halogenated alkanes) is 3. The molecule has 1 N–H and O–H groups in total. The molecular formula is C21H39NO3SSi. The lowest BCUT2D eigenvalue weighted by molar-refractivity contribution is 0.298. The van der Waals surface area contributed by atoms with Crippen LogP contribution in [-0.2, 0) is 14.4 Å². The van der Waals surface area contributed by atoms with Gasteiger partial charge in [0.1, 0.15) is 0 Å². The van der Waals surface area contributed by atoms with Crippen molar-refractivity contribution in [3.05, 3.63) is 29.8 Å². The van der Waals surface area contributed by atoms with E-state index in [1.807, 2.05) is 19.1 Å². The fraction of sp³-hybridized carbons (Fsp3) is 0.714. The van der Waals surface area contributed by atoms with Crippen molar-refractivity contribution in [3.8, 4) is 0 Å². The van der Waals surface area contributed by atoms with E-state index in [0.717, 1.165) is 5.56 Å². The minimum absolute atomic E-state index is 0.319. The highest BCUT2D eigenvalue weighted by atomic mass is 32.2. The summed E-state index contributed by atoms with van der Waals surface area (Å²) >= 11 is 0. The molecule has 156 valence electrons. The standard InChI is InChI=1S/C21H39NO3SSi/c1-5-8-17-27(18-9-6-2,19-10-7-3)25-16-15-22-26(23,24)21-13-11-20(4)12-14-21/h11-14,22H,5-10,15-19H2,1-4H3. The molecule has 1 rings (SSSR count). The minimum atomic E-state index is -3.46. The number of nitrogens with one attached hydrogen (secondary N) is 1. The fourth-order valence-corrected chi connectivity index (χ4v) is 9.06. The summed E-state index contributed by atoms with van der Waals surface area (Å²) in [5, 5.41) is 0. The molecule has 0 unspecified atom stereocenters. The van der Waals surface area contributed by atoms with Crippen molar-refractivity contribution in [2.45, 2.75) is 89.2 Å². The third-order valence-corrected chi connectivity index (χ3v) is 11.2. The fourth-order valence-electron chi connectivity index (χ4n) is 3.33. The molecule has 4 nitrogen and oxygen atoms in total. The topological polar surface area (TPSA) is 55.4 Å². The first-order valence-corrected chi connectivity index (χ1v) is 14.6. The van der Waals surface area contributed by atoms with Gasteiger partial charge in [0.15, 0.2) is 8.32 Å². The van der Waals surface area contributed by atoms with E-state index < -0.39 is 18.3 Å². The molecule has 27 heavy (non-hydrogen) atoms. The summed E-state index contributed by atoms with van der Waals surface area (Å²) in [5.74, 6) is 0. The van der Waals surface area contributed by atoms with E-state index in [1.54, 1.807) is 12.1 Å². The van der Waals surface area contributed by atoms with Gasteiger partial charge in [-0.25, -0.2) is 13.1 Å². The normalized spacial score (nSPS) is 12.4. The van der Waals surface area contributed by atoms with Crippen LogP contribution in [0.5, 0.6) is 0 Å². The molecular weight excluding hydrogens is 374 g/mol. The van der Waals surface area contributed by atoms with Crippen molar-refractivity contribution in [2.75, 3.05) is 13.2 Å². The first kappa shape index (κ1) is 24.3. The molecule has 6 heteroatoms. The van der Waals surface area contributed by atoms with Gasteiger partial charge in [-0.05, 0) is 37.2 Å². The predicted molar refractivity (Wildman–Crippen MR) is 117 cm³/mol. The van der Waals surface area contributed by atoms with Crippen LogP contribution in [0.15, 0.2) is 29.2 Å². The van der Waals surface area contributed by atoms with Gasteiger partial charge in [-0.3, -0.25) is 0 Å². The van der Waals surface area contributed by atoms with E-state index >= 15 is 0 Å². The second-order valence-electron chi connectivity index (χ2n) is 7.55. The maximum atomic E-state index is 12.4. The second kappa shape index (κ2) is 12.7. The van der Waals surface area contributed by atoms with Crippen molar-refractivity contribution in [1.82, 2.24) is 4.72 Å². The molecule has 0 aromatic heterocycles. The van der Waals surface area contributed by atoms with E-state index in [0.29, 0.717) is 18.0 Å². The Morgan fingerprint density at radius 3 is 1.81 bits per heavy atom. The first-order chi connectivity index (χ1) is 12.9. The molecule has 0 radical (unpaired) electrons. The highest BCUT2D eigenvalue weighted by Crippen LogP contribution is 2.29. The van der Waals surface area contributed by atoms with E-state index in [-0.39, 0.29) is 0 Å². The van der Waals surface area contributed by atoms with Crippen LogP contribution in [0, 0.1) is 6.92 Å². The third-order valence-electron chi connectivity index (χ3n) is 5.09. The Bertz CT molecular complexity index is 595. The zero-order valence-electron chi connectivity index (χ0n) is 17.7. The monoisotopic (exact) mass is 413 g/mol. The Morgan fingerprint density at radius 2 is 1.37 bits per heavy atom. The van der Waals surface area contributed by atoms with Crippen molar-refractivity contribution in [3.63, 3.8) is 0 Å². The average molecular weight is 414 g/mol. The van der Waals surface area contributed by atoms with Crippen molar-refractivity contribution >= 4 is 18.3 Å². The predicted octanol–water partition coefficient (Wildman–Crippen LogP) is 5.64. The van der Waals surface area contributed by atoms with Crippen molar-refractivity contribution < 1.29 is 12.8 Å². The molecule has 0 fully saturated rings. The Labute approximate surface area is 168 Å². The van der Waals surface area contributed by atoms with Crippen LogP contribution in [0.4, 0.5) is 0 Å². The molecule has 0 spiro atoms. The first-order valence-electron chi connectivity index (χ1n) is 10.6.